The Morgan fingerprint density at radius 3 is 1.70 bits per heavy atom. The van der Waals surface area contributed by atoms with Crippen LogP contribution in [-0.4, -0.2) is 86.9 Å². The number of hydrogen-bond donors (Lipinski definition) is 0. The van der Waals surface area contributed by atoms with Crippen LogP contribution in [0, 0.1) is 0 Å². The highest BCUT2D eigenvalue weighted by Gasteiger charge is 2.59. The molecule has 3 saturated heterocycles. The van der Waals surface area contributed by atoms with Gasteiger partial charge in [0.05, 0.1) is 23.3 Å². The highest BCUT2D eigenvalue weighted by Crippen LogP contribution is 2.40. The van der Waals surface area contributed by atoms with Crippen LogP contribution in [0.2, 0.25) is 0 Å². The van der Waals surface area contributed by atoms with Crippen molar-refractivity contribution >= 4 is 17.9 Å². The first kappa shape index (κ1) is 35.7. The number of unbranched alkanes of at least 4 members (excludes halogenated alkanes) is 5. The fourth-order valence-electron chi connectivity index (χ4n) is 6.10. The standard InChI is InChI=1S/C39H44O11/c1-2-3-4-5-6-16-23-43-38-33-31(48-33)30(46-38)25-45-39-34(50-37(42)28-21-14-9-15-22-28)32(49-36(41)27-19-12-8-13-20-27)29(47-39)24-44-35(40)26-17-10-7-11-18-26/h7-15,17-22,29-34,38-39H,2-6,16,23-25H2,1H3/t29-,30-,31+,32-,33+,34+,38+,39+/m1/s1. The maximum atomic E-state index is 13.3. The predicted octanol–water partition coefficient (Wildman–Crippen LogP) is 5.91. The van der Waals surface area contributed by atoms with Crippen molar-refractivity contribution in [2.24, 2.45) is 0 Å². The van der Waals surface area contributed by atoms with Gasteiger partial charge in [0.25, 0.3) is 0 Å². The number of benzene rings is 3. The minimum absolute atomic E-state index is 0.0258. The number of carbonyl (C=O) groups excluding carboxylic acids is 3. The summed E-state index contributed by atoms with van der Waals surface area (Å²) in [5.41, 5.74) is 0.916. The van der Waals surface area contributed by atoms with Crippen LogP contribution in [0.5, 0.6) is 0 Å². The molecule has 0 N–H and O–H groups in total. The van der Waals surface area contributed by atoms with Crippen LogP contribution < -0.4 is 0 Å². The van der Waals surface area contributed by atoms with E-state index in [1.54, 1.807) is 91.0 Å². The van der Waals surface area contributed by atoms with Gasteiger partial charge in [0.15, 0.2) is 24.8 Å². The fraction of sp³-hybridized carbons (Fsp3) is 0.462. The van der Waals surface area contributed by atoms with Gasteiger partial charge in [-0.05, 0) is 42.8 Å². The first-order chi connectivity index (χ1) is 24.5. The second-order valence-electron chi connectivity index (χ2n) is 12.6. The zero-order valence-corrected chi connectivity index (χ0v) is 28.1. The average Bonchev–Trinajstić information content (AvgIpc) is 3.80. The van der Waals surface area contributed by atoms with E-state index in [1.165, 1.54) is 25.7 Å². The van der Waals surface area contributed by atoms with E-state index in [4.69, 9.17) is 37.9 Å². The smallest absolute Gasteiger partial charge is 0.338 e. The molecule has 6 rings (SSSR count). The van der Waals surface area contributed by atoms with Crippen molar-refractivity contribution in [2.75, 3.05) is 19.8 Å². The molecule has 0 aliphatic carbocycles. The molecule has 11 nitrogen and oxygen atoms in total. The van der Waals surface area contributed by atoms with Crippen molar-refractivity contribution in [3.8, 4) is 0 Å². The molecular formula is C39H44O11. The molecule has 50 heavy (non-hydrogen) atoms. The van der Waals surface area contributed by atoms with Crippen molar-refractivity contribution in [2.45, 2.75) is 94.7 Å². The van der Waals surface area contributed by atoms with Gasteiger partial charge in [-0.2, -0.15) is 0 Å². The van der Waals surface area contributed by atoms with E-state index in [-0.39, 0.29) is 36.5 Å². The van der Waals surface area contributed by atoms with Crippen LogP contribution >= 0.6 is 0 Å². The summed E-state index contributed by atoms with van der Waals surface area (Å²) >= 11 is 0. The van der Waals surface area contributed by atoms with Crippen LogP contribution in [0.3, 0.4) is 0 Å². The molecule has 0 bridgehead atoms. The third-order valence-corrected chi connectivity index (χ3v) is 8.87. The maximum absolute atomic E-state index is 13.3. The molecule has 0 saturated carbocycles. The minimum Gasteiger partial charge on any atom is -0.459 e. The second-order valence-corrected chi connectivity index (χ2v) is 12.6. The molecule has 0 aromatic heterocycles. The Kier molecular flexibility index (Phi) is 12.6. The van der Waals surface area contributed by atoms with Crippen molar-refractivity contribution in [1.29, 1.82) is 0 Å². The number of hydrogen-bond acceptors (Lipinski definition) is 11. The summed E-state index contributed by atoms with van der Waals surface area (Å²) in [4.78, 5) is 39.5. The summed E-state index contributed by atoms with van der Waals surface area (Å²) in [6, 6.07) is 25.3. The third kappa shape index (κ3) is 9.35. The van der Waals surface area contributed by atoms with Gasteiger partial charge < -0.3 is 37.9 Å². The average molecular weight is 689 g/mol. The monoisotopic (exact) mass is 688 g/mol. The van der Waals surface area contributed by atoms with Crippen LogP contribution in [0.1, 0.15) is 76.5 Å². The quantitative estimate of drug-likeness (QED) is 0.0685. The Hall–Kier alpha value is -4.13. The zero-order valence-electron chi connectivity index (χ0n) is 28.1. The zero-order chi connectivity index (χ0) is 34.7. The molecule has 3 fully saturated rings. The molecule has 0 amide bonds. The van der Waals surface area contributed by atoms with Gasteiger partial charge in [0.1, 0.15) is 31.0 Å². The lowest BCUT2D eigenvalue weighted by atomic mass is 10.1. The third-order valence-electron chi connectivity index (χ3n) is 8.87. The SMILES string of the molecule is CCCCCCCCO[C@H]1O[C@H](CO[C@H]2O[C@H](COC(=O)c3ccccc3)[C@@H](OC(=O)c3ccccc3)[C@@H]2OC(=O)c2ccccc2)[C@@H]2O[C@H]12. The Labute approximate surface area is 292 Å². The summed E-state index contributed by atoms with van der Waals surface area (Å²) < 4.78 is 47.9. The fourth-order valence-corrected chi connectivity index (χ4v) is 6.10. The highest BCUT2D eigenvalue weighted by atomic mass is 16.8. The first-order valence-electron chi connectivity index (χ1n) is 17.5. The summed E-state index contributed by atoms with van der Waals surface area (Å²) in [6.07, 6.45) is 0.977. The lowest BCUT2D eigenvalue weighted by Gasteiger charge is -2.25. The van der Waals surface area contributed by atoms with Gasteiger partial charge in [0, 0.05) is 6.61 Å². The number of epoxide rings is 1. The Morgan fingerprint density at radius 1 is 0.540 bits per heavy atom. The van der Waals surface area contributed by atoms with Crippen molar-refractivity contribution < 1.29 is 52.3 Å². The highest BCUT2D eigenvalue weighted by molar-refractivity contribution is 5.91. The summed E-state index contributed by atoms with van der Waals surface area (Å²) in [6.45, 7) is 2.50. The number of rotatable bonds is 18. The summed E-state index contributed by atoms with van der Waals surface area (Å²) in [5.74, 6) is -1.92. The summed E-state index contributed by atoms with van der Waals surface area (Å²) in [5, 5.41) is 0. The molecular weight excluding hydrogens is 644 g/mol. The van der Waals surface area contributed by atoms with Gasteiger partial charge >= 0.3 is 17.9 Å². The van der Waals surface area contributed by atoms with E-state index in [0.29, 0.717) is 12.2 Å². The van der Waals surface area contributed by atoms with Crippen LogP contribution in [0.4, 0.5) is 0 Å². The first-order valence-corrected chi connectivity index (χ1v) is 17.5. The molecule has 0 radical (unpaired) electrons. The molecule has 0 spiro atoms. The Morgan fingerprint density at radius 2 is 1.08 bits per heavy atom. The van der Waals surface area contributed by atoms with Crippen molar-refractivity contribution in [3.63, 3.8) is 0 Å². The van der Waals surface area contributed by atoms with Gasteiger partial charge in [-0.25, -0.2) is 14.4 Å². The Bertz CT molecular complexity index is 1520. The second kappa shape index (κ2) is 17.7. The van der Waals surface area contributed by atoms with E-state index in [1.807, 2.05) is 0 Å². The molecule has 11 heteroatoms. The topological polar surface area (TPSA) is 128 Å². The Balaban J connectivity index is 1.14. The van der Waals surface area contributed by atoms with E-state index in [2.05, 4.69) is 6.92 Å². The van der Waals surface area contributed by atoms with E-state index in [0.717, 1.165) is 12.8 Å². The molecule has 3 aliphatic heterocycles. The minimum atomic E-state index is -1.21. The summed E-state index contributed by atoms with van der Waals surface area (Å²) in [7, 11) is 0. The van der Waals surface area contributed by atoms with Crippen molar-refractivity contribution in [3.05, 3.63) is 108 Å². The van der Waals surface area contributed by atoms with E-state index < -0.39 is 54.9 Å². The lowest BCUT2D eigenvalue weighted by molar-refractivity contribution is -0.216. The van der Waals surface area contributed by atoms with Crippen LogP contribution in [0.25, 0.3) is 0 Å². The van der Waals surface area contributed by atoms with Gasteiger partial charge in [-0.3, -0.25) is 0 Å². The van der Waals surface area contributed by atoms with Crippen LogP contribution in [0.15, 0.2) is 91.0 Å². The molecule has 3 aromatic carbocycles. The maximum Gasteiger partial charge on any atom is 0.338 e. The molecule has 3 aliphatic rings. The number of fused-ring (bicyclic) bond motifs is 1. The molecule has 3 heterocycles. The number of esters is 3. The molecule has 8 atom stereocenters. The van der Waals surface area contributed by atoms with Gasteiger partial charge in [0.2, 0.25) is 0 Å². The molecule has 266 valence electrons. The van der Waals surface area contributed by atoms with Gasteiger partial charge in [-0.15, -0.1) is 0 Å². The van der Waals surface area contributed by atoms with E-state index in [9.17, 15) is 14.4 Å². The van der Waals surface area contributed by atoms with E-state index >= 15 is 0 Å². The van der Waals surface area contributed by atoms with Gasteiger partial charge in [-0.1, -0.05) is 93.6 Å². The van der Waals surface area contributed by atoms with Crippen LogP contribution in [-0.2, 0) is 37.9 Å². The lowest BCUT2D eigenvalue weighted by Crippen LogP contribution is -2.43. The predicted molar refractivity (Wildman–Crippen MR) is 179 cm³/mol. The molecule has 0 unspecified atom stereocenters. The number of carbonyl (C=O) groups is 3. The molecule has 3 aromatic rings. The number of ether oxygens (including phenoxy) is 8. The largest absolute Gasteiger partial charge is 0.459 e. The normalized spacial score (nSPS) is 26.6. The van der Waals surface area contributed by atoms with Crippen molar-refractivity contribution in [1.82, 2.24) is 0 Å².